The molecule has 0 fully saturated rings. The minimum Gasteiger partial charge on any atom is -0.0622 e. The second-order valence-corrected chi connectivity index (χ2v) is 7.07. The van der Waals surface area contributed by atoms with Crippen LogP contribution in [-0.2, 0) is 12.8 Å². The van der Waals surface area contributed by atoms with Crippen LogP contribution in [0.1, 0.15) is 22.3 Å². The average Bonchev–Trinajstić information content (AvgIpc) is 3.07. The zero-order valence-corrected chi connectivity index (χ0v) is 14.7. The van der Waals surface area contributed by atoms with Crippen molar-refractivity contribution >= 4 is 0 Å². The molecule has 4 aromatic carbocycles. The van der Waals surface area contributed by atoms with Gasteiger partial charge in [0.25, 0.3) is 0 Å². The van der Waals surface area contributed by atoms with Gasteiger partial charge >= 0.3 is 0 Å². The fourth-order valence-corrected chi connectivity index (χ4v) is 3.96. The molecule has 0 atom stereocenters. The van der Waals surface area contributed by atoms with Crippen molar-refractivity contribution in [3.8, 4) is 22.3 Å². The van der Waals surface area contributed by atoms with Gasteiger partial charge in [-0.3, -0.25) is 0 Å². The van der Waals surface area contributed by atoms with Crippen LogP contribution in [0.5, 0.6) is 0 Å². The molecule has 0 spiro atoms. The Morgan fingerprint density at radius 3 is 2.00 bits per heavy atom. The van der Waals surface area contributed by atoms with E-state index < -0.39 is 0 Å². The van der Waals surface area contributed by atoms with Crippen LogP contribution in [-0.4, -0.2) is 0 Å². The molecule has 0 saturated carbocycles. The van der Waals surface area contributed by atoms with Crippen molar-refractivity contribution in [2.45, 2.75) is 12.8 Å². The van der Waals surface area contributed by atoms with E-state index in [9.17, 15) is 0 Å². The highest BCUT2D eigenvalue weighted by Crippen LogP contribution is 2.37. The third-order valence-corrected chi connectivity index (χ3v) is 5.33. The van der Waals surface area contributed by atoms with E-state index in [0.29, 0.717) is 0 Å². The molecule has 0 heterocycles. The summed E-state index contributed by atoms with van der Waals surface area (Å²) in [6.07, 6.45) is 2.04. The lowest BCUT2D eigenvalue weighted by Crippen LogP contribution is -1.90. The summed E-state index contributed by atoms with van der Waals surface area (Å²) in [5.41, 5.74) is 11.0. The van der Waals surface area contributed by atoms with E-state index in [2.05, 4.69) is 97.1 Å². The lowest BCUT2D eigenvalue weighted by Gasteiger charge is -2.08. The van der Waals surface area contributed by atoms with E-state index in [4.69, 9.17) is 0 Å². The molecule has 0 unspecified atom stereocenters. The third kappa shape index (κ3) is 2.74. The standard InChI is InChI=1S/C26H20/c1-2-6-21(7-3-1)22-13-10-19(11-14-22)16-20-12-15-24-18-23-8-4-5-9-25(23)26(24)17-20/h1-15,17H,16,18H2. The Labute approximate surface area is 154 Å². The van der Waals surface area contributed by atoms with Gasteiger partial charge < -0.3 is 0 Å². The number of hydrogen-bond acceptors (Lipinski definition) is 0. The molecule has 0 heteroatoms. The molecule has 0 N–H and O–H groups in total. The second-order valence-electron chi connectivity index (χ2n) is 7.07. The first-order valence-corrected chi connectivity index (χ1v) is 9.21. The van der Waals surface area contributed by atoms with E-state index in [1.807, 2.05) is 0 Å². The fraction of sp³-hybridized carbons (Fsp3) is 0.0769. The quantitative estimate of drug-likeness (QED) is 0.353. The molecule has 26 heavy (non-hydrogen) atoms. The summed E-state index contributed by atoms with van der Waals surface area (Å²) in [5.74, 6) is 0. The minimum atomic E-state index is 0.977. The van der Waals surface area contributed by atoms with Crippen LogP contribution in [0.2, 0.25) is 0 Å². The van der Waals surface area contributed by atoms with Gasteiger partial charge in [0.05, 0.1) is 0 Å². The van der Waals surface area contributed by atoms with Crippen molar-refractivity contribution in [2.24, 2.45) is 0 Å². The summed E-state index contributed by atoms with van der Waals surface area (Å²) in [4.78, 5) is 0. The SMILES string of the molecule is c1ccc(-c2ccc(Cc3ccc4c(c3)-c3ccccc3C4)cc2)cc1. The molecule has 5 rings (SSSR count). The molecule has 0 aliphatic heterocycles. The molecule has 0 aromatic heterocycles. The monoisotopic (exact) mass is 332 g/mol. The van der Waals surface area contributed by atoms with Gasteiger partial charge in [0.2, 0.25) is 0 Å². The highest BCUT2D eigenvalue weighted by Gasteiger charge is 2.17. The van der Waals surface area contributed by atoms with Crippen LogP contribution in [0.4, 0.5) is 0 Å². The van der Waals surface area contributed by atoms with Crippen LogP contribution in [0.3, 0.4) is 0 Å². The Hall–Kier alpha value is -3.12. The summed E-state index contributed by atoms with van der Waals surface area (Å²) >= 11 is 0. The summed E-state index contributed by atoms with van der Waals surface area (Å²) < 4.78 is 0. The van der Waals surface area contributed by atoms with Crippen molar-refractivity contribution in [3.63, 3.8) is 0 Å². The Kier molecular flexibility index (Phi) is 3.68. The topological polar surface area (TPSA) is 0 Å². The van der Waals surface area contributed by atoms with Crippen molar-refractivity contribution in [1.82, 2.24) is 0 Å². The number of benzene rings is 4. The molecule has 124 valence electrons. The van der Waals surface area contributed by atoms with Gasteiger partial charge in [-0.1, -0.05) is 97.1 Å². The summed E-state index contributed by atoms with van der Waals surface area (Å²) in [7, 11) is 0. The number of rotatable bonds is 3. The van der Waals surface area contributed by atoms with Crippen LogP contribution in [0.15, 0.2) is 97.1 Å². The van der Waals surface area contributed by atoms with E-state index in [1.54, 1.807) is 0 Å². The lowest BCUT2D eigenvalue weighted by atomic mass is 9.97. The smallest absolute Gasteiger partial charge is 0.00135 e. The first kappa shape index (κ1) is 15.2. The van der Waals surface area contributed by atoms with Crippen molar-refractivity contribution < 1.29 is 0 Å². The third-order valence-electron chi connectivity index (χ3n) is 5.33. The van der Waals surface area contributed by atoms with E-state index in [0.717, 1.165) is 12.8 Å². The first-order valence-electron chi connectivity index (χ1n) is 9.21. The lowest BCUT2D eigenvalue weighted by molar-refractivity contribution is 1.18. The number of fused-ring (bicyclic) bond motifs is 3. The Balaban J connectivity index is 1.41. The van der Waals surface area contributed by atoms with Crippen LogP contribution >= 0.6 is 0 Å². The zero-order chi connectivity index (χ0) is 17.3. The normalized spacial score (nSPS) is 11.8. The van der Waals surface area contributed by atoms with Gasteiger partial charge in [-0.15, -0.1) is 0 Å². The van der Waals surface area contributed by atoms with E-state index >= 15 is 0 Å². The van der Waals surface area contributed by atoms with Gasteiger partial charge in [-0.25, -0.2) is 0 Å². The van der Waals surface area contributed by atoms with Gasteiger partial charge in [0.1, 0.15) is 0 Å². The molecular weight excluding hydrogens is 312 g/mol. The summed E-state index contributed by atoms with van der Waals surface area (Å²) in [6, 6.07) is 35.3. The molecule has 0 bridgehead atoms. The molecule has 0 nitrogen and oxygen atoms in total. The maximum Gasteiger partial charge on any atom is -0.00135 e. The molecule has 1 aliphatic carbocycles. The highest BCUT2D eigenvalue weighted by atomic mass is 14.2. The Morgan fingerprint density at radius 2 is 1.15 bits per heavy atom. The maximum absolute atomic E-state index is 2.38. The van der Waals surface area contributed by atoms with Gasteiger partial charge in [0, 0.05) is 0 Å². The maximum atomic E-state index is 2.38. The predicted octanol–water partition coefficient (Wildman–Crippen LogP) is 6.52. The molecule has 0 amide bonds. The largest absolute Gasteiger partial charge is 0.0622 e. The van der Waals surface area contributed by atoms with Crippen LogP contribution in [0.25, 0.3) is 22.3 Å². The first-order chi connectivity index (χ1) is 12.9. The average molecular weight is 332 g/mol. The fourth-order valence-electron chi connectivity index (χ4n) is 3.96. The van der Waals surface area contributed by atoms with Crippen molar-refractivity contribution in [1.29, 1.82) is 0 Å². The Morgan fingerprint density at radius 1 is 0.500 bits per heavy atom. The van der Waals surface area contributed by atoms with E-state index in [1.165, 1.54) is 44.5 Å². The zero-order valence-electron chi connectivity index (χ0n) is 14.7. The predicted molar refractivity (Wildman–Crippen MR) is 109 cm³/mol. The van der Waals surface area contributed by atoms with E-state index in [-0.39, 0.29) is 0 Å². The molecule has 0 radical (unpaired) electrons. The second kappa shape index (κ2) is 6.31. The van der Waals surface area contributed by atoms with Gasteiger partial charge in [0.15, 0.2) is 0 Å². The van der Waals surface area contributed by atoms with Crippen LogP contribution in [0, 0.1) is 0 Å². The molecule has 0 saturated heterocycles. The molecule has 1 aliphatic rings. The summed E-state index contributed by atoms with van der Waals surface area (Å²) in [5, 5.41) is 0. The van der Waals surface area contributed by atoms with Crippen LogP contribution < -0.4 is 0 Å². The van der Waals surface area contributed by atoms with Crippen molar-refractivity contribution in [2.75, 3.05) is 0 Å². The molecule has 4 aromatic rings. The highest BCUT2D eigenvalue weighted by molar-refractivity contribution is 5.77. The minimum absolute atomic E-state index is 0.977. The van der Waals surface area contributed by atoms with Crippen molar-refractivity contribution in [3.05, 3.63) is 119 Å². The number of hydrogen-bond donors (Lipinski definition) is 0. The summed E-state index contributed by atoms with van der Waals surface area (Å²) in [6.45, 7) is 0. The van der Waals surface area contributed by atoms with Gasteiger partial charge in [-0.05, 0) is 57.3 Å². The van der Waals surface area contributed by atoms with Gasteiger partial charge in [-0.2, -0.15) is 0 Å². The molecular formula is C26H20. The Bertz CT molecular complexity index is 1060.